The van der Waals surface area contributed by atoms with E-state index in [0.29, 0.717) is 23.9 Å². The van der Waals surface area contributed by atoms with Crippen molar-refractivity contribution in [3.05, 3.63) is 64.7 Å². The Kier molecular flexibility index (Phi) is 8.77. The summed E-state index contributed by atoms with van der Waals surface area (Å²) in [5, 5.41) is 14.0. The number of nitrogens with one attached hydrogen (secondary N) is 1. The van der Waals surface area contributed by atoms with Crippen molar-refractivity contribution in [2.45, 2.75) is 32.6 Å². The standard InChI is InChI=1S/C20H26ClNO3/c1-2-11-22-12-17-9-6-10-19(21)20(17)25-15-18(23)14-24-13-16-7-4-3-5-8-16/h3-10,18,22-23H,2,11-15H2,1H3. The van der Waals surface area contributed by atoms with Gasteiger partial charge in [0.1, 0.15) is 18.5 Å². The molecule has 136 valence electrons. The Bertz CT molecular complexity index is 622. The Hall–Kier alpha value is -1.59. The quantitative estimate of drug-likeness (QED) is 0.596. The van der Waals surface area contributed by atoms with E-state index in [4.69, 9.17) is 21.1 Å². The molecule has 0 saturated heterocycles. The normalized spacial score (nSPS) is 12.1. The van der Waals surface area contributed by atoms with Crippen molar-refractivity contribution in [2.75, 3.05) is 19.8 Å². The van der Waals surface area contributed by atoms with Crippen molar-refractivity contribution in [3.63, 3.8) is 0 Å². The van der Waals surface area contributed by atoms with E-state index in [1.165, 1.54) is 0 Å². The number of hydrogen-bond donors (Lipinski definition) is 2. The lowest BCUT2D eigenvalue weighted by atomic mass is 10.2. The summed E-state index contributed by atoms with van der Waals surface area (Å²) in [5.41, 5.74) is 2.06. The first-order valence-electron chi connectivity index (χ1n) is 8.61. The number of halogens is 1. The van der Waals surface area contributed by atoms with Crippen LogP contribution in [0.25, 0.3) is 0 Å². The van der Waals surface area contributed by atoms with Gasteiger partial charge in [0, 0.05) is 12.1 Å². The van der Waals surface area contributed by atoms with Crippen LogP contribution >= 0.6 is 11.6 Å². The fourth-order valence-corrected chi connectivity index (χ4v) is 2.62. The molecule has 0 spiro atoms. The van der Waals surface area contributed by atoms with E-state index in [1.54, 1.807) is 6.07 Å². The lowest BCUT2D eigenvalue weighted by Crippen LogP contribution is -2.24. The van der Waals surface area contributed by atoms with Crippen LogP contribution in [0.4, 0.5) is 0 Å². The van der Waals surface area contributed by atoms with Crippen molar-refractivity contribution in [1.29, 1.82) is 0 Å². The van der Waals surface area contributed by atoms with Crippen LogP contribution in [0.2, 0.25) is 5.02 Å². The van der Waals surface area contributed by atoms with Crippen molar-refractivity contribution < 1.29 is 14.6 Å². The second-order valence-electron chi connectivity index (χ2n) is 5.87. The van der Waals surface area contributed by atoms with Gasteiger partial charge in [-0.05, 0) is 24.6 Å². The summed E-state index contributed by atoms with van der Waals surface area (Å²) >= 11 is 6.24. The van der Waals surface area contributed by atoms with Crippen LogP contribution in [0, 0.1) is 0 Å². The van der Waals surface area contributed by atoms with Gasteiger partial charge in [0.25, 0.3) is 0 Å². The van der Waals surface area contributed by atoms with Gasteiger partial charge in [-0.2, -0.15) is 0 Å². The molecule has 0 radical (unpaired) electrons. The molecular weight excluding hydrogens is 338 g/mol. The molecule has 5 heteroatoms. The first-order valence-corrected chi connectivity index (χ1v) is 8.99. The maximum atomic E-state index is 10.1. The zero-order chi connectivity index (χ0) is 17.9. The highest BCUT2D eigenvalue weighted by Gasteiger charge is 2.12. The van der Waals surface area contributed by atoms with E-state index in [0.717, 1.165) is 24.1 Å². The number of benzene rings is 2. The fourth-order valence-electron chi connectivity index (χ4n) is 2.37. The van der Waals surface area contributed by atoms with E-state index >= 15 is 0 Å². The van der Waals surface area contributed by atoms with E-state index in [9.17, 15) is 5.11 Å². The molecule has 2 aromatic carbocycles. The van der Waals surface area contributed by atoms with Gasteiger partial charge in [-0.3, -0.25) is 0 Å². The third-order valence-electron chi connectivity index (χ3n) is 3.63. The molecule has 0 saturated carbocycles. The summed E-state index contributed by atoms with van der Waals surface area (Å²) in [6.07, 6.45) is 0.352. The van der Waals surface area contributed by atoms with Gasteiger partial charge in [0.2, 0.25) is 0 Å². The van der Waals surface area contributed by atoms with E-state index in [1.807, 2.05) is 42.5 Å². The third-order valence-corrected chi connectivity index (χ3v) is 3.93. The van der Waals surface area contributed by atoms with Crippen molar-refractivity contribution in [1.82, 2.24) is 5.32 Å². The number of ether oxygens (including phenoxy) is 2. The third kappa shape index (κ3) is 7.04. The van der Waals surface area contributed by atoms with Crippen molar-refractivity contribution >= 4 is 11.6 Å². The summed E-state index contributed by atoms with van der Waals surface area (Å²) in [5.74, 6) is 0.620. The lowest BCUT2D eigenvalue weighted by Gasteiger charge is -2.16. The second kappa shape index (κ2) is 11.1. The van der Waals surface area contributed by atoms with Crippen LogP contribution in [0.1, 0.15) is 24.5 Å². The zero-order valence-corrected chi connectivity index (χ0v) is 15.3. The molecule has 2 N–H and O–H groups in total. The first-order chi connectivity index (χ1) is 12.2. The van der Waals surface area contributed by atoms with Gasteiger partial charge in [-0.25, -0.2) is 0 Å². The monoisotopic (exact) mass is 363 g/mol. The molecule has 0 aliphatic carbocycles. The molecule has 0 aromatic heterocycles. The Labute approximate surface area is 154 Å². The van der Waals surface area contributed by atoms with Crippen molar-refractivity contribution in [2.24, 2.45) is 0 Å². The number of rotatable bonds is 11. The van der Waals surface area contributed by atoms with Crippen LogP contribution in [0.15, 0.2) is 48.5 Å². The van der Waals surface area contributed by atoms with Gasteiger partial charge in [0.05, 0.1) is 18.2 Å². The first kappa shape index (κ1) is 19.7. The average molecular weight is 364 g/mol. The second-order valence-corrected chi connectivity index (χ2v) is 6.28. The zero-order valence-electron chi connectivity index (χ0n) is 14.6. The smallest absolute Gasteiger partial charge is 0.142 e. The summed E-state index contributed by atoms with van der Waals surface area (Å²) in [6, 6.07) is 15.5. The predicted octanol–water partition coefficient (Wildman–Crippen LogP) is 3.80. The molecule has 25 heavy (non-hydrogen) atoms. The van der Waals surface area contributed by atoms with Gasteiger partial charge < -0.3 is 19.9 Å². The summed E-state index contributed by atoms with van der Waals surface area (Å²) in [4.78, 5) is 0. The van der Waals surface area contributed by atoms with Crippen LogP contribution in [-0.2, 0) is 17.9 Å². The number of para-hydroxylation sites is 1. The van der Waals surface area contributed by atoms with Gasteiger partial charge in [0.15, 0.2) is 0 Å². The minimum Gasteiger partial charge on any atom is -0.489 e. The maximum absolute atomic E-state index is 10.1. The molecule has 0 aliphatic heterocycles. The molecule has 2 rings (SSSR count). The molecule has 0 heterocycles. The summed E-state index contributed by atoms with van der Waals surface area (Å²) in [6.45, 7) is 4.55. The Morgan fingerprint density at radius 3 is 2.64 bits per heavy atom. The Morgan fingerprint density at radius 2 is 1.88 bits per heavy atom. The summed E-state index contributed by atoms with van der Waals surface area (Å²) in [7, 11) is 0. The molecule has 2 aromatic rings. The molecular formula is C20H26ClNO3. The van der Waals surface area contributed by atoms with Gasteiger partial charge in [-0.15, -0.1) is 0 Å². The Morgan fingerprint density at radius 1 is 1.08 bits per heavy atom. The highest BCUT2D eigenvalue weighted by Crippen LogP contribution is 2.28. The topological polar surface area (TPSA) is 50.7 Å². The van der Waals surface area contributed by atoms with Crippen molar-refractivity contribution in [3.8, 4) is 5.75 Å². The van der Waals surface area contributed by atoms with E-state index < -0.39 is 6.10 Å². The van der Waals surface area contributed by atoms with Gasteiger partial charge in [-0.1, -0.05) is 61.0 Å². The number of aliphatic hydroxyl groups is 1. The van der Waals surface area contributed by atoms with Crippen LogP contribution in [0.5, 0.6) is 5.75 Å². The largest absolute Gasteiger partial charge is 0.489 e. The highest BCUT2D eigenvalue weighted by molar-refractivity contribution is 6.32. The Balaban J connectivity index is 1.79. The van der Waals surface area contributed by atoms with Gasteiger partial charge >= 0.3 is 0 Å². The fraction of sp³-hybridized carbons (Fsp3) is 0.400. The predicted molar refractivity (Wildman–Crippen MR) is 101 cm³/mol. The minimum absolute atomic E-state index is 0.138. The molecule has 0 aliphatic rings. The molecule has 0 fully saturated rings. The minimum atomic E-state index is -0.712. The molecule has 4 nitrogen and oxygen atoms in total. The summed E-state index contributed by atoms with van der Waals surface area (Å²) < 4.78 is 11.3. The lowest BCUT2D eigenvalue weighted by molar-refractivity contribution is 0.00533. The van der Waals surface area contributed by atoms with Crippen LogP contribution in [0.3, 0.4) is 0 Å². The maximum Gasteiger partial charge on any atom is 0.142 e. The van der Waals surface area contributed by atoms with Crippen LogP contribution in [-0.4, -0.2) is 31.0 Å². The number of aliphatic hydroxyl groups excluding tert-OH is 1. The number of hydrogen-bond acceptors (Lipinski definition) is 4. The molecule has 1 atom stereocenters. The SMILES string of the molecule is CCCNCc1cccc(Cl)c1OCC(O)COCc1ccccc1. The van der Waals surface area contributed by atoms with E-state index in [-0.39, 0.29) is 13.2 Å². The average Bonchev–Trinajstić information content (AvgIpc) is 2.62. The highest BCUT2D eigenvalue weighted by atomic mass is 35.5. The molecule has 1 unspecified atom stereocenters. The van der Waals surface area contributed by atoms with E-state index in [2.05, 4.69) is 12.2 Å². The van der Waals surface area contributed by atoms with Crippen LogP contribution < -0.4 is 10.1 Å². The molecule has 0 bridgehead atoms. The molecule has 0 amide bonds.